The highest BCUT2D eigenvalue weighted by molar-refractivity contribution is 6.34. The van der Waals surface area contributed by atoms with Gasteiger partial charge in [-0.05, 0) is 23.8 Å². The number of hydrogen-bond donors (Lipinski definition) is 0. The molecule has 0 aliphatic carbocycles. The van der Waals surface area contributed by atoms with Crippen LogP contribution in [0.4, 0.5) is 0 Å². The summed E-state index contributed by atoms with van der Waals surface area (Å²) in [7, 11) is 1.60. The Kier molecular flexibility index (Phi) is 3.94. The Bertz CT molecular complexity index is 682. The molecule has 0 fully saturated rings. The molecule has 0 bridgehead atoms. The van der Waals surface area contributed by atoms with E-state index in [0.29, 0.717) is 36.0 Å². The molecule has 21 heavy (non-hydrogen) atoms. The van der Waals surface area contributed by atoms with Gasteiger partial charge in [-0.15, -0.1) is 0 Å². The maximum Gasteiger partial charge on any atom is 0.212 e. The number of benzene rings is 1. The van der Waals surface area contributed by atoms with Crippen molar-refractivity contribution in [2.24, 2.45) is 0 Å². The summed E-state index contributed by atoms with van der Waals surface area (Å²) in [6.45, 7) is 1.62. The van der Waals surface area contributed by atoms with Crippen LogP contribution in [0, 0.1) is 0 Å². The molecular weight excluding hydrogens is 292 g/mol. The maximum atomic E-state index is 12.7. The van der Waals surface area contributed by atoms with E-state index in [1.54, 1.807) is 17.9 Å². The standard InChI is InChI=1S/C15H15ClN2O3/c1-20-7-5-18-14(12(16)9-17-18)15(19)11-2-3-13-10(8-11)4-6-21-13/h2-3,8-9H,4-7H2,1H3. The van der Waals surface area contributed by atoms with Crippen LogP contribution in [0.3, 0.4) is 0 Å². The van der Waals surface area contributed by atoms with E-state index < -0.39 is 0 Å². The molecule has 0 spiro atoms. The van der Waals surface area contributed by atoms with Gasteiger partial charge in [-0.25, -0.2) is 0 Å². The summed E-state index contributed by atoms with van der Waals surface area (Å²) in [6, 6.07) is 5.46. The zero-order chi connectivity index (χ0) is 14.8. The number of nitrogens with zero attached hydrogens (tertiary/aromatic N) is 2. The second-order valence-corrected chi connectivity index (χ2v) is 5.21. The molecule has 0 unspecified atom stereocenters. The minimum absolute atomic E-state index is 0.136. The number of aromatic nitrogens is 2. The summed E-state index contributed by atoms with van der Waals surface area (Å²) in [6.07, 6.45) is 2.31. The zero-order valence-corrected chi connectivity index (χ0v) is 12.4. The topological polar surface area (TPSA) is 53.4 Å². The molecule has 1 aliphatic rings. The molecule has 1 aliphatic heterocycles. The van der Waals surface area contributed by atoms with Crippen molar-refractivity contribution in [1.82, 2.24) is 9.78 Å². The van der Waals surface area contributed by atoms with Crippen molar-refractivity contribution >= 4 is 17.4 Å². The lowest BCUT2D eigenvalue weighted by atomic mass is 10.0. The minimum atomic E-state index is -0.136. The van der Waals surface area contributed by atoms with Crippen LogP contribution in [0.15, 0.2) is 24.4 Å². The average molecular weight is 307 g/mol. The first-order valence-electron chi connectivity index (χ1n) is 6.71. The highest BCUT2D eigenvalue weighted by Crippen LogP contribution is 2.28. The quantitative estimate of drug-likeness (QED) is 0.796. The normalized spacial score (nSPS) is 13.0. The van der Waals surface area contributed by atoms with E-state index in [2.05, 4.69) is 5.10 Å². The summed E-state index contributed by atoms with van der Waals surface area (Å²) in [5.74, 6) is 0.717. The molecule has 1 aromatic heterocycles. The second-order valence-electron chi connectivity index (χ2n) is 4.81. The summed E-state index contributed by atoms with van der Waals surface area (Å²) in [4.78, 5) is 12.7. The van der Waals surface area contributed by atoms with Crippen molar-refractivity contribution in [2.45, 2.75) is 13.0 Å². The van der Waals surface area contributed by atoms with Crippen molar-refractivity contribution in [3.63, 3.8) is 0 Å². The number of ether oxygens (including phenoxy) is 2. The van der Waals surface area contributed by atoms with Crippen molar-refractivity contribution in [3.8, 4) is 5.75 Å². The Balaban J connectivity index is 1.93. The smallest absolute Gasteiger partial charge is 0.212 e. The van der Waals surface area contributed by atoms with Gasteiger partial charge in [-0.3, -0.25) is 9.48 Å². The maximum absolute atomic E-state index is 12.7. The molecule has 5 nitrogen and oxygen atoms in total. The van der Waals surface area contributed by atoms with Gasteiger partial charge in [0.15, 0.2) is 0 Å². The third-order valence-electron chi connectivity index (χ3n) is 3.47. The fraction of sp³-hybridized carbons (Fsp3) is 0.333. The van der Waals surface area contributed by atoms with Crippen LogP contribution >= 0.6 is 11.6 Å². The number of carbonyl (C=O) groups excluding carboxylic acids is 1. The van der Waals surface area contributed by atoms with E-state index in [1.165, 1.54) is 6.20 Å². The number of fused-ring (bicyclic) bond motifs is 1. The van der Waals surface area contributed by atoms with Gasteiger partial charge in [0.2, 0.25) is 5.78 Å². The van der Waals surface area contributed by atoms with Gasteiger partial charge >= 0.3 is 0 Å². The molecule has 0 N–H and O–H groups in total. The SMILES string of the molecule is COCCn1ncc(Cl)c1C(=O)c1ccc2c(c1)CCO2. The van der Waals surface area contributed by atoms with Crippen LogP contribution in [0.5, 0.6) is 5.75 Å². The number of hydrogen-bond acceptors (Lipinski definition) is 4. The number of ketones is 1. The molecule has 0 amide bonds. The summed E-state index contributed by atoms with van der Waals surface area (Å²) < 4.78 is 12.1. The lowest BCUT2D eigenvalue weighted by molar-refractivity contribution is 0.102. The van der Waals surface area contributed by atoms with Gasteiger partial charge in [0.25, 0.3) is 0 Å². The Morgan fingerprint density at radius 1 is 1.52 bits per heavy atom. The summed E-state index contributed by atoms with van der Waals surface area (Å²) in [5, 5.41) is 4.49. The number of carbonyl (C=O) groups is 1. The fourth-order valence-electron chi connectivity index (χ4n) is 2.40. The number of halogens is 1. The molecule has 0 saturated heterocycles. The molecule has 2 aromatic rings. The lowest BCUT2D eigenvalue weighted by Crippen LogP contribution is -2.14. The monoisotopic (exact) mass is 306 g/mol. The van der Waals surface area contributed by atoms with Gasteiger partial charge in [-0.1, -0.05) is 11.6 Å². The van der Waals surface area contributed by atoms with E-state index in [9.17, 15) is 4.79 Å². The average Bonchev–Trinajstić information content (AvgIpc) is 3.10. The first kappa shape index (κ1) is 14.1. The van der Waals surface area contributed by atoms with E-state index >= 15 is 0 Å². The van der Waals surface area contributed by atoms with Gasteiger partial charge in [-0.2, -0.15) is 5.10 Å². The lowest BCUT2D eigenvalue weighted by Gasteiger charge is -2.08. The van der Waals surface area contributed by atoms with Gasteiger partial charge in [0.1, 0.15) is 11.4 Å². The fourth-order valence-corrected chi connectivity index (χ4v) is 2.63. The van der Waals surface area contributed by atoms with Crippen LogP contribution in [-0.2, 0) is 17.7 Å². The second kappa shape index (κ2) is 5.87. The Morgan fingerprint density at radius 3 is 3.19 bits per heavy atom. The third-order valence-corrected chi connectivity index (χ3v) is 3.75. The van der Waals surface area contributed by atoms with Crippen LogP contribution in [0.2, 0.25) is 5.02 Å². The Hall–Kier alpha value is -1.85. The molecule has 1 aromatic carbocycles. The molecule has 0 saturated carbocycles. The number of methoxy groups -OCH3 is 1. The highest BCUT2D eigenvalue weighted by Gasteiger charge is 2.21. The van der Waals surface area contributed by atoms with Gasteiger partial charge < -0.3 is 9.47 Å². The Labute approximate surface area is 127 Å². The first-order chi connectivity index (χ1) is 10.2. The largest absolute Gasteiger partial charge is 0.493 e. The molecular formula is C15H15ClN2O3. The van der Waals surface area contributed by atoms with E-state index in [1.807, 2.05) is 12.1 Å². The molecule has 3 rings (SSSR count). The summed E-state index contributed by atoms with van der Waals surface area (Å²) >= 11 is 6.12. The van der Waals surface area contributed by atoms with Crippen molar-refractivity contribution < 1.29 is 14.3 Å². The van der Waals surface area contributed by atoms with Crippen LogP contribution in [0.1, 0.15) is 21.6 Å². The van der Waals surface area contributed by atoms with Crippen LogP contribution < -0.4 is 4.74 Å². The van der Waals surface area contributed by atoms with E-state index in [-0.39, 0.29) is 5.78 Å². The molecule has 6 heteroatoms. The van der Waals surface area contributed by atoms with E-state index in [4.69, 9.17) is 21.1 Å². The molecule has 110 valence electrons. The van der Waals surface area contributed by atoms with Crippen LogP contribution in [0.25, 0.3) is 0 Å². The third kappa shape index (κ3) is 2.66. The minimum Gasteiger partial charge on any atom is -0.493 e. The first-order valence-corrected chi connectivity index (χ1v) is 7.09. The predicted octanol–water partition coefficient (Wildman–Crippen LogP) is 2.35. The highest BCUT2D eigenvalue weighted by atomic mass is 35.5. The zero-order valence-electron chi connectivity index (χ0n) is 11.6. The van der Waals surface area contributed by atoms with Crippen molar-refractivity contribution in [3.05, 3.63) is 46.2 Å². The molecule has 0 radical (unpaired) electrons. The van der Waals surface area contributed by atoms with Crippen molar-refractivity contribution in [1.29, 1.82) is 0 Å². The van der Waals surface area contributed by atoms with Gasteiger partial charge in [0, 0.05) is 19.1 Å². The number of rotatable bonds is 5. The molecule has 2 heterocycles. The van der Waals surface area contributed by atoms with E-state index in [0.717, 1.165) is 17.7 Å². The van der Waals surface area contributed by atoms with Crippen molar-refractivity contribution in [2.75, 3.05) is 20.3 Å². The molecule has 0 atom stereocenters. The summed E-state index contributed by atoms with van der Waals surface area (Å²) in [5.41, 5.74) is 2.05. The van der Waals surface area contributed by atoms with Gasteiger partial charge in [0.05, 0.1) is 31.0 Å². The van der Waals surface area contributed by atoms with Crippen LogP contribution in [-0.4, -0.2) is 35.9 Å². The predicted molar refractivity (Wildman–Crippen MR) is 78.2 cm³/mol. The Morgan fingerprint density at radius 2 is 2.38 bits per heavy atom.